The molecule has 0 saturated heterocycles. The molecule has 2 atom stereocenters. The normalized spacial score (nSPS) is 26.2. The molecule has 1 aliphatic carbocycles. The number of nitrogens with one attached hydrogen (secondary N) is 1. The average molecular weight is 226 g/mol. The van der Waals surface area contributed by atoms with Gasteiger partial charge in [0.15, 0.2) is 0 Å². The van der Waals surface area contributed by atoms with Gasteiger partial charge in [0, 0.05) is 13.1 Å². The van der Waals surface area contributed by atoms with Crippen LogP contribution in [0.5, 0.6) is 0 Å². The average Bonchev–Trinajstić information content (AvgIpc) is 2.31. The van der Waals surface area contributed by atoms with E-state index in [2.05, 4.69) is 31.0 Å². The van der Waals surface area contributed by atoms with Crippen LogP contribution in [0, 0.1) is 11.8 Å². The molecule has 1 N–H and O–H groups in total. The highest BCUT2D eigenvalue weighted by atomic mass is 15.1. The first kappa shape index (κ1) is 14.0. The van der Waals surface area contributed by atoms with Crippen LogP contribution in [0.15, 0.2) is 0 Å². The molecule has 0 spiro atoms. The maximum absolute atomic E-state index is 3.64. The third kappa shape index (κ3) is 4.84. The van der Waals surface area contributed by atoms with Crippen molar-refractivity contribution in [3.63, 3.8) is 0 Å². The van der Waals surface area contributed by atoms with Crippen molar-refractivity contribution in [2.75, 3.05) is 32.7 Å². The van der Waals surface area contributed by atoms with E-state index in [0.29, 0.717) is 0 Å². The van der Waals surface area contributed by atoms with Crippen LogP contribution in [0.2, 0.25) is 0 Å². The molecule has 2 unspecified atom stereocenters. The molecule has 0 aromatic heterocycles. The Labute approximate surface area is 102 Å². The maximum Gasteiger partial charge on any atom is 0.0107 e. The summed E-state index contributed by atoms with van der Waals surface area (Å²) < 4.78 is 0. The Hall–Kier alpha value is -0.0800. The van der Waals surface area contributed by atoms with Gasteiger partial charge in [0.2, 0.25) is 0 Å². The lowest BCUT2D eigenvalue weighted by molar-refractivity contribution is 0.240. The van der Waals surface area contributed by atoms with Gasteiger partial charge < -0.3 is 10.2 Å². The molecular formula is C14H30N2. The molecule has 1 fully saturated rings. The molecule has 2 nitrogen and oxygen atoms in total. The van der Waals surface area contributed by atoms with Crippen LogP contribution in [-0.2, 0) is 0 Å². The van der Waals surface area contributed by atoms with E-state index in [1.165, 1.54) is 51.9 Å². The molecule has 1 aliphatic rings. The summed E-state index contributed by atoms with van der Waals surface area (Å²) in [5.41, 5.74) is 0. The molecule has 0 heterocycles. The second-order valence-electron chi connectivity index (χ2n) is 5.25. The van der Waals surface area contributed by atoms with Crippen LogP contribution in [0.3, 0.4) is 0 Å². The lowest BCUT2D eigenvalue weighted by Crippen LogP contribution is -2.35. The summed E-state index contributed by atoms with van der Waals surface area (Å²) in [5, 5.41) is 3.64. The number of rotatable bonds is 7. The summed E-state index contributed by atoms with van der Waals surface area (Å²) in [6.45, 7) is 12.9. The molecule has 1 saturated carbocycles. The minimum Gasteiger partial charge on any atom is -0.315 e. The fourth-order valence-corrected chi connectivity index (χ4v) is 2.76. The topological polar surface area (TPSA) is 15.3 Å². The number of nitrogens with zero attached hydrogens (tertiary/aromatic N) is 1. The molecule has 1 rings (SSSR count). The van der Waals surface area contributed by atoms with Crippen molar-refractivity contribution in [2.45, 2.75) is 46.5 Å². The Kier molecular flexibility index (Phi) is 7.06. The van der Waals surface area contributed by atoms with Gasteiger partial charge in [-0.25, -0.2) is 0 Å². The van der Waals surface area contributed by atoms with Crippen molar-refractivity contribution >= 4 is 0 Å². The van der Waals surface area contributed by atoms with Crippen LogP contribution >= 0.6 is 0 Å². The minimum absolute atomic E-state index is 0.936. The first-order chi connectivity index (χ1) is 7.77. The molecular weight excluding hydrogens is 196 g/mol. The van der Waals surface area contributed by atoms with Gasteiger partial charge in [0.05, 0.1) is 0 Å². The molecule has 16 heavy (non-hydrogen) atoms. The van der Waals surface area contributed by atoms with E-state index in [9.17, 15) is 0 Å². The van der Waals surface area contributed by atoms with Crippen molar-refractivity contribution in [2.24, 2.45) is 11.8 Å². The fourth-order valence-electron chi connectivity index (χ4n) is 2.76. The van der Waals surface area contributed by atoms with Crippen LogP contribution < -0.4 is 5.32 Å². The predicted molar refractivity (Wildman–Crippen MR) is 71.8 cm³/mol. The summed E-state index contributed by atoms with van der Waals surface area (Å²) in [4.78, 5) is 2.48. The zero-order chi connectivity index (χ0) is 11.8. The third-order valence-electron chi connectivity index (χ3n) is 4.19. The third-order valence-corrected chi connectivity index (χ3v) is 4.19. The fraction of sp³-hybridized carbons (Fsp3) is 1.00. The Balaban J connectivity index is 2.05. The maximum atomic E-state index is 3.64. The monoisotopic (exact) mass is 226 g/mol. The van der Waals surface area contributed by atoms with Gasteiger partial charge >= 0.3 is 0 Å². The second-order valence-corrected chi connectivity index (χ2v) is 5.25. The Bertz CT molecular complexity index is 166. The Morgan fingerprint density at radius 2 is 1.81 bits per heavy atom. The molecule has 96 valence electrons. The van der Waals surface area contributed by atoms with E-state index in [0.717, 1.165) is 18.4 Å². The quantitative estimate of drug-likeness (QED) is 0.672. The lowest BCUT2D eigenvalue weighted by atomic mass is 9.80. The summed E-state index contributed by atoms with van der Waals surface area (Å²) in [7, 11) is 0. The number of hydrogen-bond acceptors (Lipinski definition) is 2. The summed E-state index contributed by atoms with van der Waals surface area (Å²) in [5.74, 6) is 1.88. The lowest BCUT2D eigenvalue weighted by Gasteiger charge is -2.29. The first-order valence-corrected chi connectivity index (χ1v) is 7.21. The highest BCUT2D eigenvalue weighted by Gasteiger charge is 2.20. The van der Waals surface area contributed by atoms with Crippen LogP contribution in [0.4, 0.5) is 0 Å². The van der Waals surface area contributed by atoms with Crippen molar-refractivity contribution < 1.29 is 0 Å². The highest BCUT2D eigenvalue weighted by molar-refractivity contribution is 4.74. The molecule has 0 amide bonds. The smallest absolute Gasteiger partial charge is 0.0107 e. The molecule has 0 radical (unpaired) electrons. The molecule has 0 bridgehead atoms. The van der Waals surface area contributed by atoms with E-state index in [4.69, 9.17) is 0 Å². The van der Waals surface area contributed by atoms with E-state index in [1.54, 1.807) is 0 Å². The van der Waals surface area contributed by atoms with Gasteiger partial charge in [0.25, 0.3) is 0 Å². The van der Waals surface area contributed by atoms with Gasteiger partial charge in [-0.15, -0.1) is 0 Å². The van der Waals surface area contributed by atoms with Gasteiger partial charge in [-0.2, -0.15) is 0 Å². The zero-order valence-electron chi connectivity index (χ0n) is 11.5. The van der Waals surface area contributed by atoms with Gasteiger partial charge in [-0.05, 0) is 37.9 Å². The summed E-state index contributed by atoms with van der Waals surface area (Å²) in [6.07, 6.45) is 5.80. The SMILES string of the molecule is CCN(CC)CCNCC1CCCCC1C. The molecule has 0 aromatic carbocycles. The molecule has 2 heteroatoms. The standard InChI is InChI=1S/C14H30N2/c1-4-16(5-2)11-10-15-12-14-9-7-6-8-13(14)3/h13-15H,4-12H2,1-3H3. The molecule has 0 aromatic rings. The zero-order valence-corrected chi connectivity index (χ0v) is 11.5. The van der Waals surface area contributed by atoms with E-state index in [-0.39, 0.29) is 0 Å². The summed E-state index contributed by atoms with van der Waals surface area (Å²) in [6, 6.07) is 0. The van der Waals surface area contributed by atoms with Crippen LogP contribution in [0.1, 0.15) is 46.5 Å². The number of likely N-dealkylation sites (N-methyl/N-ethyl adjacent to an activating group) is 1. The van der Waals surface area contributed by atoms with Crippen LogP contribution in [-0.4, -0.2) is 37.6 Å². The van der Waals surface area contributed by atoms with E-state index < -0.39 is 0 Å². The Morgan fingerprint density at radius 1 is 1.12 bits per heavy atom. The predicted octanol–water partition coefficient (Wildman–Crippen LogP) is 2.74. The van der Waals surface area contributed by atoms with Crippen LogP contribution in [0.25, 0.3) is 0 Å². The van der Waals surface area contributed by atoms with E-state index in [1.807, 2.05) is 0 Å². The van der Waals surface area contributed by atoms with Gasteiger partial charge in [0.1, 0.15) is 0 Å². The highest BCUT2D eigenvalue weighted by Crippen LogP contribution is 2.28. The summed E-state index contributed by atoms with van der Waals surface area (Å²) >= 11 is 0. The van der Waals surface area contributed by atoms with Crippen molar-refractivity contribution in [3.05, 3.63) is 0 Å². The first-order valence-electron chi connectivity index (χ1n) is 7.21. The van der Waals surface area contributed by atoms with Crippen molar-refractivity contribution in [1.82, 2.24) is 10.2 Å². The minimum atomic E-state index is 0.936. The Morgan fingerprint density at radius 3 is 2.44 bits per heavy atom. The van der Waals surface area contributed by atoms with Gasteiger partial charge in [-0.1, -0.05) is 40.0 Å². The van der Waals surface area contributed by atoms with E-state index >= 15 is 0 Å². The van der Waals surface area contributed by atoms with Crippen molar-refractivity contribution in [1.29, 1.82) is 0 Å². The number of hydrogen-bond donors (Lipinski definition) is 1. The largest absolute Gasteiger partial charge is 0.315 e. The second kappa shape index (κ2) is 8.08. The van der Waals surface area contributed by atoms with Gasteiger partial charge in [-0.3, -0.25) is 0 Å². The molecule has 0 aliphatic heterocycles. The van der Waals surface area contributed by atoms with Crippen molar-refractivity contribution in [3.8, 4) is 0 Å².